The smallest absolute Gasteiger partial charge is 0.139 e. The highest BCUT2D eigenvalue weighted by Crippen LogP contribution is 2.24. The predicted octanol–water partition coefficient (Wildman–Crippen LogP) is 3.64. The van der Waals surface area contributed by atoms with Crippen molar-refractivity contribution in [3.8, 4) is 0 Å². The van der Waals surface area contributed by atoms with Crippen LogP contribution in [0.4, 0.5) is 17.3 Å². The SMILES string of the molecule is CNc1nc(C)nc(Nc2ccc(Br)cc2)c1C. The average molecular weight is 307 g/mol. The van der Waals surface area contributed by atoms with Crippen LogP contribution in [0.5, 0.6) is 0 Å². The summed E-state index contributed by atoms with van der Waals surface area (Å²) < 4.78 is 1.06. The van der Waals surface area contributed by atoms with Crippen molar-refractivity contribution >= 4 is 33.3 Å². The summed E-state index contributed by atoms with van der Waals surface area (Å²) in [5, 5.41) is 6.38. The van der Waals surface area contributed by atoms with Crippen LogP contribution in [0.3, 0.4) is 0 Å². The van der Waals surface area contributed by atoms with E-state index in [0.717, 1.165) is 33.2 Å². The lowest BCUT2D eigenvalue weighted by atomic mass is 10.2. The minimum absolute atomic E-state index is 0.740. The van der Waals surface area contributed by atoms with Crippen LogP contribution < -0.4 is 10.6 Å². The second kappa shape index (κ2) is 5.35. The van der Waals surface area contributed by atoms with Crippen molar-refractivity contribution in [1.29, 1.82) is 0 Å². The molecule has 2 rings (SSSR count). The number of benzene rings is 1. The van der Waals surface area contributed by atoms with E-state index in [1.165, 1.54) is 0 Å². The molecule has 0 amide bonds. The summed E-state index contributed by atoms with van der Waals surface area (Å²) in [5.41, 5.74) is 2.01. The van der Waals surface area contributed by atoms with Crippen LogP contribution in [0.1, 0.15) is 11.4 Å². The Kier molecular flexibility index (Phi) is 3.81. The third-order valence-electron chi connectivity index (χ3n) is 2.60. The zero-order valence-corrected chi connectivity index (χ0v) is 12.2. The Labute approximate surface area is 115 Å². The first-order chi connectivity index (χ1) is 8.60. The van der Waals surface area contributed by atoms with Gasteiger partial charge in [-0.3, -0.25) is 0 Å². The van der Waals surface area contributed by atoms with Crippen molar-refractivity contribution in [3.05, 3.63) is 40.1 Å². The highest BCUT2D eigenvalue weighted by atomic mass is 79.9. The molecule has 1 aromatic carbocycles. The lowest BCUT2D eigenvalue weighted by molar-refractivity contribution is 1.04. The van der Waals surface area contributed by atoms with Gasteiger partial charge in [-0.05, 0) is 38.1 Å². The van der Waals surface area contributed by atoms with Gasteiger partial charge < -0.3 is 10.6 Å². The van der Waals surface area contributed by atoms with E-state index < -0.39 is 0 Å². The molecule has 0 aliphatic carbocycles. The summed E-state index contributed by atoms with van der Waals surface area (Å²) in [6.07, 6.45) is 0. The van der Waals surface area contributed by atoms with Gasteiger partial charge in [-0.15, -0.1) is 0 Å². The van der Waals surface area contributed by atoms with Crippen LogP contribution in [-0.4, -0.2) is 17.0 Å². The number of hydrogen-bond acceptors (Lipinski definition) is 4. The van der Waals surface area contributed by atoms with Crippen molar-refractivity contribution in [1.82, 2.24) is 9.97 Å². The van der Waals surface area contributed by atoms with E-state index in [-0.39, 0.29) is 0 Å². The standard InChI is InChI=1S/C13H15BrN4/c1-8-12(15-3)16-9(2)17-13(8)18-11-6-4-10(14)5-7-11/h4-7H,1-3H3,(H2,15,16,17,18). The topological polar surface area (TPSA) is 49.8 Å². The largest absolute Gasteiger partial charge is 0.373 e. The molecule has 2 aromatic rings. The fraction of sp³-hybridized carbons (Fsp3) is 0.231. The van der Waals surface area contributed by atoms with Crippen LogP contribution in [0, 0.1) is 13.8 Å². The molecule has 0 saturated heterocycles. The van der Waals surface area contributed by atoms with Gasteiger partial charge in [0.15, 0.2) is 0 Å². The summed E-state index contributed by atoms with van der Waals surface area (Å²) in [7, 11) is 1.86. The second-order valence-electron chi connectivity index (χ2n) is 3.97. The van der Waals surface area contributed by atoms with Crippen LogP contribution in [0.2, 0.25) is 0 Å². The molecular weight excluding hydrogens is 292 g/mol. The van der Waals surface area contributed by atoms with Crippen molar-refractivity contribution in [2.75, 3.05) is 17.7 Å². The van der Waals surface area contributed by atoms with Gasteiger partial charge in [0.1, 0.15) is 17.5 Å². The maximum absolute atomic E-state index is 4.43. The molecule has 0 radical (unpaired) electrons. The normalized spacial score (nSPS) is 10.2. The van der Waals surface area contributed by atoms with Gasteiger partial charge >= 0.3 is 0 Å². The lowest BCUT2D eigenvalue weighted by Crippen LogP contribution is -2.05. The Morgan fingerprint density at radius 2 is 1.61 bits per heavy atom. The number of anilines is 3. The van der Waals surface area contributed by atoms with Crippen LogP contribution >= 0.6 is 15.9 Å². The zero-order chi connectivity index (χ0) is 13.1. The van der Waals surface area contributed by atoms with Crippen LogP contribution in [-0.2, 0) is 0 Å². The Bertz CT molecular complexity index is 552. The number of aromatic nitrogens is 2. The molecule has 18 heavy (non-hydrogen) atoms. The van der Waals surface area contributed by atoms with E-state index in [1.54, 1.807) is 0 Å². The molecule has 0 bridgehead atoms. The molecule has 0 fully saturated rings. The zero-order valence-electron chi connectivity index (χ0n) is 10.6. The maximum atomic E-state index is 4.43. The summed E-state index contributed by atoms with van der Waals surface area (Å²) in [6, 6.07) is 7.98. The Morgan fingerprint density at radius 3 is 2.22 bits per heavy atom. The first kappa shape index (κ1) is 12.8. The molecule has 0 saturated carbocycles. The van der Waals surface area contributed by atoms with Gasteiger partial charge in [-0.1, -0.05) is 15.9 Å². The highest BCUT2D eigenvalue weighted by Gasteiger charge is 2.08. The van der Waals surface area contributed by atoms with E-state index in [2.05, 4.69) is 36.5 Å². The molecule has 0 unspecified atom stereocenters. The molecular formula is C13H15BrN4. The van der Waals surface area contributed by atoms with E-state index in [0.29, 0.717) is 0 Å². The molecule has 0 aliphatic heterocycles. The number of hydrogen-bond donors (Lipinski definition) is 2. The summed E-state index contributed by atoms with van der Waals surface area (Å²) >= 11 is 3.42. The Morgan fingerprint density at radius 1 is 1.00 bits per heavy atom. The van der Waals surface area contributed by atoms with Crippen LogP contribution in [0.25, 0.3) is 0 Å². The maximum Gasteiger partial charge on any atom is 0.139 e. The third-order valence-corrected chi connectivity index (χ3v) is 3.13. The van der Waals surface area contributed by atoms with Gasteiger partial charge in [0.05, 0.1) is 0 Å². The van der Waals surface area contributed by atoms with Gasteiger partial charge in [0, 0.05) is 22.8 Å². The number of nitrogens with zero attached hydrogens (tertiary/aromatic N) is 2. The van der Waals surface area contributed by atoms with Gasteiger partial charge in [0.25, 0.3) is 0 Å². The van der Waals surface area contributed by atoms with Gasteiger partial charge in [-0.25, -0.2) is 9.97 Å². The van der Waals surface area contributed by atoms with Gasteiger partial charge in [0.2, 0.25) is 0 Å². The predicted molar refractivity (Wildman–Crippen MR) is 78.5 cm³/mol. The fourth-order valence-electron chi connectivity index (χ4n) is 1.66. The molecule has 1 aromatic heterocycles. The van der Waals surface area contributed by atoms with Crippen molar-refractivity contribution in [3.63, 3.8) is 0 Å². The van der Waals surface area contributed by atoms with Gasteiger partial charge in [-0.2, -0.15) is 0 Å². The minimum Gasteiger partial charge on any atom is -0.373 e. The summed E-state index contributed by atoms with van der Waals surface area (Å²) in [5.74, 6) is 2.42. The minimum atomic E-state index is 0.740. The molecule has 0 aliphatic rings. The summed E-state index contributed by atoms with van der Waals surface area (Å²) in [6.45, 7) is 3.87. The molecule has 4 nitrogen and oxygen atoms in total. The van der Waals surface area contributed by atoms with E-state index >= 15 is 0 Å². The number of halogens is 1. The van der Waals surface area contributed by atoms with E-state index in [4.69, 9.17) is 0 Å². The number of aryl methyl sites for hydroxylation is 1. The fourth-order valence-corrected chi connectivity index (χ4v) is 1.93. The summed E-state index contributed by atoms with van der Waals surface area (Å²) in [4.78, 5) is 8.76. The monoisotopic (exact) mass is 306 g/mol. The van der Waals surface area contributed by atoms with Crippen molar-refractivity contribution in [2.24, 2.45) is 0 Å². The van der Waals surface area contributed by atoms with Crippen molar-refractivity contribution < 1.29 is 0 Å². The molecule has 0 atom stereocenters. The Hall–Kier alpha value is -1.62. The molecule has 94 valence electrons. The van der Waals surface area contributed by atoms with Crippen LogP contribution in [0.15, 0.2) is 28.7 Å². The van der Waals surface area contributed by atoms with E-state index in [1.807, 2.05) is 45.2 Å². The van der Waals surface area contributed by atoms with Crippen molar-refractivity contribution in [2.45, 2.75) is 13.8 Å². The molecule has 2 N–H and O–H groups in total. The molecule has 0 spiro atoms. The third kappa shape index (κ3) is 2.79. The first-order valence-corrected chi connectivity index (χ1v) is 6.45. The highest BCUT2D eigenvalue weighted by molar-refractivity contribution is 9.10. The van der Waals surface area contributed by atoms with E-state index in [9.17, 15) is 0 Å². The Balaban J connectivity index is 2.34. The lowest BCUT2D eigenvalue weighted by Gasteiger charge is -2.12. The quantitative estimate of drug-likeness (QED) is 0.909. The average Bonchev–Trinajstić information content (AvgIpc) is 2.36. The second-order valence-corrected chi connectivity index (χ2v) is 4.89. The number of rotatable bonds is 3. The molecule has 1 heterocycles. The first-order valence-electron chi connectivity index (χ1n) is 5.65. The molecule has 5 heteroatoms. The number of nitrogens with one attached hydrogen (secondary N) is 2.